The summed E-state index contributed by atoms with van der Waals surface area (Å²) in [5.74, 6) is -1.12. The number of hydrogen-bond donors (Lipinski definition) is 1. The number of amides is 2. The van der Waals surface area contributed by atoms with E-state index >= 15 is 0 Å². The number of hydrogen-bond acceptors (Lipinski definition) is 7. The maximum atomic E-state index is 14.7. The van der Waals surface area contributed by atoms with E-state index in [1.54, 1.807) is 84.9 Å². The van der Waals surface area contributed by atoms with E-state index in [4.69, 9.17) is 9.72 Å². The molecule has 55 heavy (non-hydrogen) atoms. The summed E-state index contributed by atoms with van der Waals surface area (Å²) in [6.07, 6.45) is -0.407. The topological polar surface area (TPSA) is 110 Å². The fourth-order valence-corrected chi connectivity index (χ4v) is 6.96. The predicted octanol–water partition coefficient (Wildman–Crippen LogP) is 6.64. The molecule has 0 bridgehead atoms. The van der Waals surface area contributed by atoms with Crippen LogP contribution in [0.15, 0.2) is 96.1 Å². The Morgan fingerprint density at radius 3 is 2.40 bits per heavy atom. The highest BCUT2D eigenvalue weighted by atomic mass is 19.4. The van der Waals surface area contributed by atoms with E-state index in [1.807, 2.05) is 6.92 Å². The Morgan fingerprint density at radius 1 is 1.00 bits per heavy atom. The van der Waals surface area contributed by atoms with Crippen molar-refractivity contribution in [1.29, 1.82) is 0 Å². The Labute approximate surface area is 315 Å². The van der Waals surface area contributed by atoms with Crippen LogP contribution in [0.3, 0.4) is 0 Å². The molecule has 1 fully saturated rings. The van der Waals surface area contributed by atoms with Crippen LogP contribution in [0.4, 0.5) is 17.6 Å². The van der Waals surface area contributed by atoms with Crippen molar-refractivity contribution in [2.75, 3.05) is 26.2 Å². The number of pyridine rings is 1. The first-order valence-electron chi connectivity index (χ1n) is 18.2. The molecule has 0 aliphatic carbocycles. The fraction of sp³-hybridized carbons (Fsp3) is 0.341. The summed E-state index contributed by atoms with van der Waals surface area (Å²) in [6, 6.07) is 19.1. The van der Waals surface area contributed by atoms with Crippen molar-refractivity contribution >= 4 is 22.7 Å². The highest BCUT2D eigenvalue weighted by molar-refractivity contribution is 5.80. The van der Waals surface area contributed by atoms with E-state index < -0.39 is 35.9 Å². The first-order valence-corrected chi connectivity index (χ1v) is 18.2. The molecule has 10 nitrogen and oxygen atoms in total. The van der Waals surface area contributed by atoms with Crippen LogP contribution in [0, 0.1) is 5.82 Å². The standard InChI is InChI=1S/C41H42F4N6O4/c1-3-55-32-13-11-31(12-14-32)51-39(48-36-9-5-4-8-33(36)40(51)54)37(16-20-47-30-17-21-49(22-18-30)27(2)52)50(26-29-7-6-19-46-25-29)38(53)24-28-10-15-34(35(42)23-28)41(43,44)45/h4-15,19,23,25,30,37,47H,3,16-18,20-22,24,26H2,1-2H3. The number of para-hydroxylation sites is 1. The second-order valence-electron chi connectivity index (χ2n) is 13.5. The number of carbonyl (C=O) groups is 2. The number of halogens is 4. The maximum Gasteiger partial charge on any atom is 0.419 e. The Bertz CT molecular complexity index is 2170. The lowest BCUT2D eigenvalue weighted by atomic mass is 10.0. The third-order valence-corrected chi connectivity index (χ3v) is 9.76. The van der Waals surface area contributed by atoms with Gasteiger partial charge in [0.05, 0.1) is 41.2 Å². The first kappa shape index (κ1) is 39.1. The average molecular weight is 759 g/mol. The normalized spacial score (nSPS) is 14.2. The zero-order valence-electron chi connectivity index (χ0n) is 30.6. The van der Waals surface area contributed by atoms with Crippen LogP contribution in [0.25, 0.3) is 16.6 Å². The summed E-state index contributed by atoms with van der Waals surface area (Å²) in [6.45, 7) is 5.45. The zero-order valence-corrected chi connectivity index (χ0v) is 30.6. The van der Waals surface area contributed by atoms with Gasteiger partial charge in [0, 0.05) is 45.0 Å². The molecule has 2 amide bonds. The van der Waals surface area contributed by atoms with Gasteiger partial charge in [-0.05, 0) is 98.5 Å². The maximum absolute atomic E-state index is 14.7. The Hall–Kier alpha value is -5.63. The molecular formula is C41H42F4N6O4. The minimum Gasteiger partial charge on any atom is -0.494 e. The molecule has 288 valence electrons. The van der Waals surface area contributed by atoms with Gasteiger partial charge in [0.2, 0.25) is 11.8 Å². The van der Waals surface area contributed by atoms with Gasteiger partial charge < -0.3 is 19.9 Å². The molecule has 0 radical (unpaired) electrons. The van der Waals surface area contributed by atoms with Crippen LogP contribution in [0.1, 0.15) is 61.7 Å². The molecule has 1 N–H and O–H groups in total. The van der Waals surface area contributed by atoms with Crippen molar-refractivity contribution in [3.05, 3.63) is 130 Å². The Morgan fingerprint density at radius 2 is 1.75 bits per heavy atom. The molecule has 1 unspecified atom stereocenters. The molecule has 1 saturated heterocycles. The van der Waals surface area contributed by atoms with E-state index in [-0.39, 0.29) is 41.9 Å². The van der Waals surface area contributed by atoms with Gasteiger partial charge in [0.25, 0.3) is 5.56 Å². The predicted molar refractivity (Wildman–Crippen MR) is 199 cm³/mol. The zero-order chi connectivity index (χ0) is 39.1. The van der Waals surface area contributed by atoms with Crippen molar-refractivity contribution < 1.29 is 31.9 Å². The second-order valence-corrected chi connectivity index (χ2v) is 13.5. The van der Waals surface area contributed by atoms with Gasteiger partial charge in [0.15, 0.2) is 0 Å². The summed E-state index contributed by atoms with van der Waals surface area (Å²) in [7, 11) is 0. The number of carbonyl (C=O) groups excluding carboxylic acids is 2. The third-order valence-electron chi connectivity index (χ3n) is 9.76. The summed E-state index contributed by atoms with van der Waals surface area (Å²) >= 11 is 0. The molecule has 5 aromatic rings. The summed E-state index contributed by atoms with van der Waals surface area (Å²) in [4.78, 5) is 53.6. The lowest BCUT2D eigenvalue weighted by Crippen LogP contribution is -2.45. The largest absolute Gasteiger partial charge is 0.494 e. The minimum absolute atomic E-state index is 0.00340. The number of fused-ring (bicyclic) bond motifs is 1. The van der Waals surface area contributed by atoms with E-state index in [2.05, 4.69) is 10.3 Å². The fourth-order valence-electron chi connectivity index (χ4n) is 6.96. The molecule has 2 aromatic heterocycles. The molecule has 0 spiro atoms. The van der Waals surface area contributed by atoms with E-state index in [1.165, 1.54) is 9.47 Å². The van der Waals surface area contributed by atoms with E-state index in [0.29, 0.717) is 60.2 Å². The number of ether oxygens (including phenoxy) is 1. The third kappa shape index (κ3) is 9.37. The molecule has 1 aliphatic rings. The van der Waals surface area contributed by atoms with Crippen molar-refractivity contribution in [3.63, 3.8) is 0 Å². The number of likely N-dealkylation sites (tertiary alicyclic amines) is 1. The van der Waals surface area contributed by atoms with Gasteiger partial charge in [-0.2, -0.15) is 13.2 Å². The smallest absolute Gasteiger partial charge is 0.419 e. The first-order chi connectivity index (χ1) is 26.4. The summed E-state index contributed by atoms with van der Waals surface area (Å²) in [5.41, 5.74) is -0.185. The van der Waals surface area contributed by atoms with Crippen LogP contribution in [-0.4, -0.2) is 68.4 Å². The molecule has 3 heterocycles. The number of rotatable bonds is 13. The van der Waals surface area contributed by atoms with Crippen LogP contribution in [0.2, 0.25) is 0 Å². The van der Waals surface area contributed by atoms with E-state index in [9.17, 15) is 31.9 Å². The Kier molecular flexibility index (Phi) is 12.2. The van der Waals surface area contributed by atoms with Crippen molar-refractivity contribution in [1.82, 2.24) is 29.7 Å². The van der Waals surface area contributed by atoms with E-state index in [0.717, 1.165) is 25.0 Å². The molecular weight excluding hydrogens is 716 g/mol. The highest BCUT2D eigenvalue weighted by Gasteiger charge is 2.35. The van der Waals surface area contributed by atoms with Gasteiger partial charge >= 0.3 is 6.18 Å². The van der Waals surface area contributed by atoms with Gasteiger partial charge in [-0.15, -0.1) is 0 Å². The van der Waals surface area contributed by atoms with Gasteiger partial charge in [-0.1, -0.05) is 24.3 Å². The van der Waals surface area contributed by atoms with Crippen LogP contribution < -0.4 is 15.6 Å². The lowest BCUT2D eigenvalue weighted by Gasteiger charge is -2.35. The van der Waals surface area contributed by atoms with Crippen LogP contribution in [-0.2, 0) is 28.7 Å². The number of alkyl halides is 3. The van der Waals surface area contributed by atoms with Crippen molar-refractivity contribution in [3.8, 4) is 11.4 Å². The SMILES string of the molecule is CCOc1ccc(-n2c(C(CCNC3CCN(C(C)=O)CC3)N(Cc3cccnc3)C(=O)Cc3ccc(C(F)(F)F)c(F)c3)nc3ccccc3c2=O)cc1. The highest BCUT2D eigenvalue weighted by Crippen LogP contribution is 2.33. The quantitative estimate of drug-likeness (QED) is 0.134. The Balaban J connectivity index is 1.45. The van der Waals surface area contributed by atoms with Crippen molar-refractivity contribution in [2.24, 2.45) is 0 Å². The molecule has 1 aliphatic heterocycles. The van der Waals surface area contributed by atoms with Gasteiger partial charge in [0.1, 0.15) is 17.4 Å². The monoisotopic (exact) mass is 758 g/mol. The number of piperidine rings is 1. The van der Waals surface area contributed by atoms with Crippen molar-refractivity contribution in [2.45, 2.75) is 64.3 Å². The summed E-state index contributed by atoms with van der Waals surface area (Å²) in [5, 5.41) is 3.93. The van der Waals surface area contributed by atoms with Gasteiger partial charge in [-0.3, -0.25) is 23.9 Å². The van der Waals surface area contributed by atoms with Crippen LogP contribution in [0.5, 0.6) is 5.75 Å². The van der Waals surface area contributed by atoms with Crippen LogP contribution >= 0.6 is 0 Å². The second kappa shape index (κ2) is 17.2. The lowest BCUT2D eigenvalue weighted by molar-refractivity contribution is -0.140. The molecule has 14 heteroatoms. The number of benzene rings is 3. The summed E-state index contributed by atoms with van der Waals surface area (Å²) < 4.78 is 62.1. The average Bonchev–Trinajstić information content (AvgIpc) is 3.16. The molecule has 0 saturated carbocycles. The molecule has 3 aromatic carbocycles. The number of nitrogens with zero attached hydrogens (tertiary/aromatic N) is 5. The molecule has 6 rings (SSSR count). The minimum atomic E-state index is -4.90. The van der Waals surface area contributed by atoms with Gasteiger partial charge in [-0.25, -0.2) is 9.37 Å². The number of nitrogens with one attached hydrogen (secondary N) is 1. The number of aromatic nitrogens is 3. The molecule has 1 atom stereocenters.